The first-order valence-corrected chi connectivity index (χ1v) is 11.0. The standard InChI is InChI=1S/C22H28O2S/c1-21-11-9-19-17(18(21)6-7-20(21)24)5-4-15-14-16(23)8-12-22(15,19)10-3-13-25-2/h3,9,13-14,17-18H,4-8,10-12H2,1-2H3/b13-3+/t17-,18-,21-,22-/m0/s1. The third-order valence-corrected chi connectivity index (χ3v) is 7.96. The summed E-state index contributed by atoms with van der Waals surface area (Å²) >= 11 is 1.74. The molecule has 4 atom stereocenters. The van der Waals surface area contributed by atoms with E-state index in [4.69, 9.17) is 0 Å². The van der Waals surface area contributed by atoms with Gasteiger partial charge in [0, 0.05) is 23.7 Å². The van der Waals surface area contributed by atoms with E-state index in [1.807, 2.05) is 6.08 Å². The van der Waals surface area contributed by atoms with E-state index in [0.717, 1.165) is 44.9 Å². The van der Waals surface area contributed by atoms with Crippen LogP contribution in [0.25, 0.3) is 0 Å². The first-order chi connectivity index (χ1) is 12.0. The summed E-state index contributed by atoms with van der Waals surface area (Å²) < 4.78 is 0. The highest BCUT2D eigenvalue weighted by atomic mass is 32.2. The number of hydrogen-bond acceptors (Lipinski definition) is 3. The molecule has 25 heavy (non-hydrogen) atoms. The Morgan fingerprint density at radius 3 is 2.88 bits per heavy atom. The van der Waals surface area contributed by atoms with Gasteiger partial charge in [0.2, 0.25) is 0 Å². The van der Waals surface area contributed by atoms with Crippen molar-refractivity contribution in [1.82, 2.24) is 0 Å². The minimum Gasteiger partial charge on any atom is -0.299 e. The second kappa shape index (κ2) is 6.26. The van der Waals surface area contributed by atoms with Crippen molar-refractivity contribution in [3.05, 3.63) is 34.8 Å². The fraction of sp³-hybridized carbons (Fsp3) is 0.636. The van der Waals surface area contributed by atoms with E-state index in [9.17, 15) is 9.59 Å². The lowest BCUT2D eigenvalue weighted by atomic mass is 9.50. The molecule has 0 aromatic heterocycles. The maximum absolute atomic E-state index is 12.5. The zero-order valence-electron chi connectivity index (χ0n) is 15.3. The van der Waals surface area contributed by atoms with E-state index in [1.165, 1.54) is 5.57 Å². The van der Waals surface area contributed by atoms with Crippen LogP contribution in [0, 0.1) is 22.7 Å². The Labute approximate surface area is 155 Å². The molecule has 0 amide bonds. The number of carbonyl (C=O) groups is 2. The summed E-state index contributed by atoms with van der Waals surface area (Å²) in [5.41, 5.74) is 2.86. The number of hydrogen-bond donors (Lipinski definition) is 0. The molecule has 0 aromatic rings. The summed E-state index contributed by atoms with van der Waals surface area (Å²) in [4.78, 5) is 24.6. The zero-order valence-corrected chi connectivity index (χ0v) is 16.2. The van der Waals surface area contributed by atoms with Crippen LogP contribution in [0.15, 0.2) is 34.8 Å². The molecule has 0 spiro atoms. The molecule has 0 bridgehead atoms. The Balaban J connectivity index is 1.77. The van der Waals surface area contributed by atoms with Gasteiger partial charge in [0.1, 0.15) is 5.78 Å². The number of allylic oxidation sites excluding steroid dienone is 5. The normalized spacial score (nSPS) is 40.4. The van der Waals surface area contributed by atoms with E-state index < -0.39 is 0 Å². The van der Waals surface area contributed by atoms with Gasteiger partial charge in [-0.1, -0.05) is 30.2 Å². The van der Waals surface area contributed by atoms with Crippen molar-refractivity contribution in [1.29, 1.82) is 0 Å². The summed E-state index contributed by atoms with van der Waals surface area (Å²) in [7, 11) is 0. The van der Waals surface area contributed by atoms with Gasteiger partial charge < -0.3 is 0 Å². The molecule has 2 fully saturated rings. The van der Waals surface area contributed by atoms with Gasteiger partial charge in [0.25, 0.3) is 0 Å². The third kappa shape index (κ3) is 2.53. The lowest BCUT2D eigenvalue weighted by Crippen LogP contribution is -2.45. The lowest BCUT2D eigenvalue weighted by Gasteiger charge is -2.53. The second-order valence-corrected chi connectivity index (χ2v) is 9.27. The number of fused-ring (bicyclic) bond motifs is 5. The van der Waals surface area contributed by atoms with Gasteiger partial charge >= 0.3 is 0 Å². The van der Waals surface area contributed by atoms with E-state index in [-0.39, 0.29) is 10.8 Å². The second-order valence-electron chi connectivity index (χ2n) is 8.52. The Bertz CT molecular complexity index is 701. The number of rotatable bonds is 3. The van der Waals surface area contributed by atoms with Crippen molar-refractivity contribution < 1.29 is 9.59 Å². The number of Topliss-reactive ketones (excluding diaryl/α,β-unsaturated/α-hetero) is 1. The molecule has 2 saturated carbocycles. The third-order valence-electron chi connectivity index (χ3n) is 7.49. The highest BCUT2D eigenvalue weighted by Gasteiger charge is 2.56. The average Bonchev–Trinajstić information content (AvgIpc) is 2.91. The average molecular weight is 357 g/mol. The summed E-state index contributed by atoms with van der Waals surface area (Å²) in [5, 5.41) is 2.18. The molecule has 0 heterocycles. The molecule has 4 aliphatic carbocycles. The maximum atomic E-state index is 12.5. The Hall–Kier alpha value is -1.09. The lowest BCUT2D eigenvalue weighted by molar-refractivity contribution is -0.127. The first kappa shape index (κ1) is 17.3. The quantitative estimate of drug-likeness (QED) is 0.647. The van der Waals surface area contributed by atoms with Crippen LogP contribution in [-0.4, -0.2) is 17.8 Å². The Morgan fingerprint density at radius 2 is 2.08 bits per heavy atom. The van der Waals surface area contributed by atoms with Crippen molar-refractivity contribution in [3.63, 3.8) is 0 Å². The van der Waals surface area contributed by atoms with Crippen LogP contribution < -0.4 is 0 Å². The van der Waals surface area contributed by atoms with Gasteiger partial charge in [-0.25, -0.2) is 0 Å². The summed E-state index contributed by atoms with van der Waals surface area (Å²) in [6.45, 7) is 2.20. The smallest absolute Gasteiger partial charge is 0.155 e. The van der Waals surface area contributed by atoms with E-state index in [2.05, 4.69) is 30.7 Å². The van der Waals surface area contributed by atoms with Gasteiger partial charge in [-0.2, -0.15) is 0 Å². The van der Waals surface area contributed by atoms with Gasteiger partial charge in [-0.15, -0.1) is 11.8 Å². The molecule has 0 saturated heterocycles. The van der Waals surface area contributed by atoms with Gasteiger partial charge in [0.15, 0.2) is 5.78 Å². The highest BCUT2D eigenvalue weighted by Crippen LogP contribution is 2.63. The molecule has 0 aromatic carbocycles. The van der Waals surface area contributed by atoms with Crippen molar-refractivity contribution in [2.24, 2.45) is 22.7 Å². The minimum absolute atomic E-state index is 0.0516. The van der Waals surface area contributed by atoms with Crippen LogP contribution in [0.4, 0.5) is 0 Å². The molecule has 2 nitrogen and oxygen atoms in total. The molecular formula is C22H28O2S. The zero-order chi connectivity index (χ0) is 17.7. The topological polar surface area (TPSA) is 34.1 Å². The maximum Gasteiger partial charge on any atom is 0.155 e. The number of carbonyl (C=O) groups excluding carboxylic acids is 2. The van der Waals surface area contributed by atoms with Crippen LogP contribution in [0.1, 0.15) is 58.3 Å². The fourth-order valence-corrected chi connectivity index (χ4v) is 6.44. The molecule has 0 unspecified atom stereocenters. The fourth-order valence-electron chi connectivity index (χ4n) is 6.16. The van der Waals surface area contributed by atoms with E-state index >= 15 is 0 Å². The van der Waals surface area contributed by atoms with Crippen LogP contribution >= 0.6 is 11.8 Å². The van der Waals surface area contributed by atoms with Gasteiger partial charge in [-0.05, 0) is 68.1 Å². The largest absolute Gasteiger partial charge is 0.299 e. The van der Waals surface area contributed by atoms with E-state index in [0.29, 0.717) is 29.8 Å². The molecular weight excluding hydrogens is 328 g/mol. The van der Waals surface area contributed by atoms with Crippen LogP contribution in [0.3, 0.4) is 0 Å². The summed E-state index contributed by atoms with van der Waals surface area (Å²) in [6, 6.07) is 0. The molecule has 0 radical (unpaired) electrons. The molecule has 3 heteroatoms. The van der Waals surface area contributed by atoms with E-state index in [1.54, 1.807) is 17.3 Å². The molecule has 0 aliphatic heterocycles. The number of thioether (sulfide) groups is 1. The van der Waals surface area contributed by atoms with Crippen molar-refractivity contribution >= 4 is 23.3 Å². The van der Waals surface area contributed by atoms with Gasteiger partial charge in [0.05, 0.1) is 0 Å². The monoisotopic (exact) mass is 356 g/mol. The van der Waals surface area contributed by atoms with Crippen LogP contribution in [0.2, 0.25) is 0 Å². The first-order valence-electron chi connectivity index (χ1n) is 9.67. The summed E-state index contributed by atoms with van der Waals surface area (Å²) in [5.74, 6) is 1.83. The predicted molar refractivity (Wildman–Crippen MR) is 103 cm³/mol. The minimum atomic E-state index is -0.129. The SMILES string of the molecule is CS/C=C/C[C@]12CCC(=O)C=C1CC[C@@H]1C2=CC[C@]2(C)C(=O)CC[C@@H]12. The molecule has 4 aliphatic rings. The Morgan fingerprint density at radius 1 is 1.24 bits per heavy atom. The predicted octanol–water partition coefficient (Wildman–Crippen LogP) is 5.25. The van der Waals surface area contributed by atoms with Gasteiger partial charge in [-0.3, -0.25) is 9.59 Å². The molecule has 134 valence electrons. The van der Waals surface area contributed by atoms with Crippen LogP contribution in [-0.2, 0) is 9.59 Å². The van der Waals surface area contributed by atoms with Crippen molar-refractivity contribution in [3.8, 4) is 0 Å². The molecule has 4 rings (SSSR count). The highest BCUT2D eigenvalue weighted by molar-refractivity contribution is 8.01. The van der Waals surface area contributed by atoms with Crippen molar-refractivity contribution in [2.75, 3.05) is 6.26 Å². The summed E-state index contributed by atoms with van der Waals surface area (Å²) in [6.07, 6.45) is 16.3. The van der Waals surface area contributed by atoms with Crippen molar-refractivity contribution in [2.45, 2.75) is 58.3 Å². The number of ketones is 2. The van der Waals surface area contributed by atoms with Crippen LogP contribution in [0.5, 0.6) is 0 Å². The Kier molecular flexibility index (Phi) is 4.34. The molecule has 0 N–H and O–H groups in total.